The second kappa shape index (κ2) is 8.79. The first-order chi connectivity index (χ1) is 15.2. The molecule has 1 aliphatic rings. The van der Waals surface area contributed by atoms with E-state index in [1.54, 1.807) is 16.4 Å². The summed E-state index contributed by atoms with van der Waals surface area (Å²) in [7, 11) is -3.58. The van der Waals surface area contributed by atoms with Crippen LogP contribution in [0.5, 0.6) is 0 Å². The van der Waals surface area contributed by atoms with Gasteiger partial charge in [0.15, 0.2) is 0 Å². The van der Waals surface area contributed by atoms with Crippen LogP contribution in [0.15, 0.2) is 53.7 Å². The van der Waals surface area contributed by atoms with Crippen LogP contribution in [0.1, 0.15) is 36.2 Å². The first kappa shape index (κ1) is 22.1. The fraction of sp³-hybridized carbons (Fsp3) is 0.364. The van der Waals surface area contributed by atoms with Gasteiger partial charge in [-0.25, -0.2) is 13.1 Å². The lowest BCUT2D eigenvalue weighted by molar-refractivity contribution is 0.102. The third kappa shape index (κ3) is 4.56. The molecular formula is C22H26N6O3S. The zero-order chi connectivity index (χ0) is 22.9. The number of aromatic nitrogens is 4. The fourth-order valence-corrected chi connectivity index (χ4v) is 5.82. The minimum absolute atomic E-state index is 0.201. The van der Waals surface area contributed by atoms with Crippen molar-refractivity contribution in [3.63, 3.8) is 0 Å². The van der Waals surface area contributed by atoms with Crippen LogP contribution in [0.25, 0.3) is 5.69 Å². The number of sulfonamides is 1. The van der Waals surface area contributed by atoms with Crippen molar-refractivity contribution in [2.45, 2.75) is 32.1 Å². The van der Waals surface area contributed by atoms with Crippen molar-refractivity contribution in [1.29, 1.82) is 0 Å². The SMILES string of the molecule is Cc1ccc(NC(=O)c2ccc(S(=O)(=O)N3CC(C)CC(C)C3)cc2)cc1-n1cnnn1. The number of carbonyl (C=O) groups excluding carboxylic acids is 1. The van der Waals surface area contributed by atoms with Crippen LogP contribution in [0.4, 0.5) is 5.69 Å². The number of carbonyl (C=O) groups is 1. The van der Waals surface area contributed by atoms with Gasteiger partial charge in [0.25, 0.3) is 5.91 Å². The molecule has 32 heavy (non-hydrogen) atoms. The second-order valence-electron chi connectivity index (χ2n) is 8.50. The molecule has 1 aliphatic heterocycles. The smallest absolute Gasteiger partial charge is 0.255 e. The van der Waals surface area contributed by atoms with Crippen LogP contribution in [-0.2, 0) is 10.0 Å². The number of anilines is 1. The summed E-state index contributed by atoms with van der Waals surface area (Å²) in [6.07, 6.45) is 2.51. The number of nitrogens with one attached hydrogen (secondary N) is 1. The van der Waals surface area contributed by atoms with Gasteiger partial charge in [0, 0.05) is 24.3 Å². The molecule has 2 aromatic carbocycles. The normalized spacial score (nSPS) is 19.6. The summed E-state index contributed by atoms with van der Waals surface area (Å²) >= 11 is 0. The monoisotopic (exact) mass is 454 g/mol. The minimum atomic E-state index is -3.58. The number of aryl methyl sites for hydroxylation is 1. The van der Waals surface area contributed by atoms with Gasteiger partial charge in [-0.05, 0) is 77.6 Å². The zero-order valence-corrected chi connectivity index (χ0v) is 19.1. The number of tetrazole rings is 1. The van der Waals surface area contributed by atoms with Gasteiger partial charge >= 0.3 is 0 Å². The molecule has 2 unspecified atom stereocenters. The third-order valence-corrected chi connectivity index (χ3v) is 7.50. The Bertz CT molecular complexity index is 1200. The van der Waals surface area contributed by atoms with E-state index in [0.29, 0.717) is 36.2 Å². The Balaban J connectivity index is 1.50. The fourth-order valence-electron chi connectivity index (χ4n) is 4.14. The molecule has 0 bridgehead atoms. The maximum Gasteiger partial charge on any atom is 0.255 e. The van der Waals surface area contributed by atoms with Crippen LogP contribution < -0.4 is 5.32 Å². The number of hydrogen-bond donors (Lipinski definition) is 1. The van der Waals surface area contributed by atoms with Gasteiger partial charge in [-0.3, -0.25) is 4.79 Å². The van der Waals surface area contributed by atoms with Gasteiger partial charge in [-0.2, -0.15) is 4.31 Å². The lowest BCUT2D eigenvalue weighted by atomic mass is 9.94. The highest BCUT2D eigenvalue weighted by atomic mass is 32.2. The molecule has 0 saturated carbocycles. The Morgan fingerprint density at radius 2 is 1.75 bits per heavy atom. The van der Waals surface area contributed by atoms with Gasteiger partial charge in [0.1, 0.15) is 6.33 Å². The number of amides is 1. The van der Waals surface area contributed by atoms with E-state index in [-0.39, 0.29) is 10.8 Å². The molecule has 1 saturated heterocycles. The largest absolute Gasteiger partial charge is 0.322 e. The Morgan fingerprint density at radius 3 is 2.38 bits per heavy atom. The Morgan fingerprint density at radius 1 is 1.06 bits per heavy atom. The summed E-state index contributed by atoms with van der Waals surface area (Å²) in [6, 6.07) is 11.5. The van der Waals surface area contributed by atoms with E-state index in [2.05, 4.69) is 34.7 Å². The van der Waals surface area contributed by atoms with E-state index < -0.39 is 10.0 Å². The summed E-state index contributed by atoms with van der Waals surface area (Å²) < 4.78 is 29.1. The predicted molar refractivity (Wildman–Crippen MR) is 120 cm³/mol. The lowest BCUT2D eigenvalue weighted by Gasteiger charge is -2.34. The molecule has 9 nitrogen and oxygen atoms in total. The van der Waals surface area contributed by atoms with Crippen molar-refractivity contribution in [3.8, 4) is 5.69 Å². The van der Waals surface area contributed by atoms with E-state index in [9.17, 15) is 13.2 Å². The molecule has 1 N–H and O–H groups in total. The molecule has 10 heteroatoms. The number of benzene rings is 2. The molecule has 1 fully saturated rings. The van der Waals surface area contributed by atoms with Crippen molar-refractivity contribution in [2.24, 2.45) is 11.8 Å². The van der Waals surface area contributed by atoms with Crippen molar-refractivity contribution in [2.75, 3.05) is 18.4 Å². The Hall–Kier alpha value is -3.11. The van der Waals surface area contributed by atoms with Crippen LogP contribution in [0.3, 0.4) is 0 Å². The van der Waals surface area contributed by atoms with Gasteiger partial charge < -0.3 is 5.32 Å². The second-order valence-corrected chi connectivity index (χ2v) is 10.4. The third-order valence-electron chi connectivity index (χ3n) is 5.65. The highest BCUT2D eigenvalue weighted by Gasteiger charge is 2.31. The summed E-state index contributed by atoms with van der Waals surface area (Å²) in [5.41, 5.74) is 2.65. The minimum Gasteiger partial charge on any atom is -0.322 e. The van der Waals surface area contributed by atoms with Crippen molar-refractivity contribution >= 4 is 21.6 Å². The van der Waals surface area contributed by atoms with Gasteiger partial charge in [-0.1, -0.05) is 19.9 Å². The van der Waals surface area contributed by atoms with Gasteiger partial charge in [0.2, 0.25) is 10.0 Å². The van der Waals surface area contributed by atoms with Crippen molar-refractivity contribution < 1.29 is 13.2 Å². The van der Waals surface area contributed by atoms with E-state index in [0.717, 1.165) is 17.7 Å². The highest BCUT2D eigenvalue weighted by Crippen LogP contribution is 2.27. The number of nitrogens with zero attached hydrogens (tertiary/aromatic N) is 5. The van der Waals surface area contributed by atoms with Crippen LogP contribution >= 0.6 is 0 Å². The van der Waals surface area contributed by atoms with Crippen LogP contribution in [0.2, 0.25) is 0 Å². The van der Waals surface area contributed by atoms with Crippen LogP contribution in [0, 0.1) is 18.8 Å². The Labute approximate surface area is 187 Å². The highest BCUT2D eigenvalue weighted by molar-refractivity contribution is 7.89. The van der Waals surface area contributed by atoms with E-state index >= 15 is 0 Å². The van der Waals surface area contributed by atoms with E-state index in [1.165, 1.54) is 35.3 Å². The van der Waals surface area contributed by atoms with Crippen molar-refractivity contribution in [1.82, 2.24) is 24.5 Å². The maximum absolute atomic E-state index is 13.0. The molecule has 1 amide bonds. The van der Waals surface area contributed by atoms with E-state index in [1.807, 2.05) is 13.0 Å². The average molecular weight is 455 g/mol. The average Bonchev–Trinajstić information content (AvgIpc) is 3.29. The molecule has 0 radical (unpaired) electrons. The summed E-state index contributed by atoms with van der Waals surface area (Å²) in [5.74, 6) is 0.318. The number of rotatable bonds is 5. The lowest BCUT2D eigenvalue weighted by Crippen LogP contribution is -2.42. The Kier molecular flexibility index (Phi) is 6.07. The number of piperidine rings is 1. The molecule has 1 aromatic heterocycles. The first-order valence-electron chi connectivity index (χ1n) is 10.5. The predicted octanol–water partition coefficient (Wildman–Crippen LogP) is 2.89. The quantitative estimate of drug-likeness (QED) is 0.635. The molecule has 4 rings (SSSR count). The van der Waals surface area contributed by atoms with E-state index in [4.69, 9.17) is 0 Å². The molecular weight excluding hydrogens is 428 g/mol. The summed E-state index contributed by atoms with van der Waals surface area (Å²) in [6.45, 7) is 7.10. The first-order valence-corrected chi connectivity index (χ1v) is 11.9. The van der Waals surface area contributed by atoms with Crippen molar-refractivity contribution in [3.05, 3.63) is 59.9 Å². The standard InChI is InChI=1S/C22H26N6O3S/c1-15-10-16(2)13-27(12-15)32(30,31)20-8-5-18(6-9-20)22(29)24-19-7-4-17(3)21(11-19)28-14-23-25-26-28/h4-9,11,14-16H,10,12-13H2,1-3H3,(H,24,29). The molecule has 168 valence electrons. The van der Waals surface area contributed by atoms with Gasteiger partial charge in [-0.15, -0.1) is 5.10 Å². The zero-order valence-electron chi connectivity index (χ0n) is 18.3. The summed E-state index contributed by atoms with van der Waals surface area (Å²) in [5, 5.41) is 14.0. The maximum atomic E-state index is 13.0. The molecule has 3 aromatic rings. The molecule has 0 aliphatic carbocycles. The summed E-state index contributed by atoms with van der Waals surface area (Å²) in [4.78, 5) is 12.9. The molecule has 2 heterocycles. The molecule has 0 spiro atoms. The molecule has 2 atom stereocenters. The van der Waals surface area contributed by atoms with Crippen LogP contribution in [-0.4, -0.2) is 51.9 Å². The topological polar surface area (TPSA) is 110 Å². The van der Waals surface area contributed by atoms with Gasteiger partial charge in [0.05, 0.1) is 10.6 Å². The number of hydrogen-bond acceptors (Lipinski definition) is 6.